The van der Waals surface area contributed by atoms with Gasteiger partial charge < -0.3 is 10.8 Å². The molecule has 0 rings (SSSR count). The largest absolute Gasteiger partial charge is 0.481 e. The van der Waals surface area contributed by atoms with Crippen LogP contribution in [0.15, 0.2) is 0 Å². The van der Waals surface area contributed by atoms with Crippen LogP contribution in [0.2, 0.25) is 0 Å². The van der Waals surface area contributed by atoms with Crippen molar-refractivity contribution in [1.29, 1.82) is 5.41 Å². The molecule has 0 saturated heterocycles. The lowest BCUT2D eigenvalue weighted by atomic mass is 10.5. The fraction of sp³-hybridized carbons (Fsp3) is 0.500. The molecular weight excluding hydrogens is 140 g/mol. The topological polar surface area (TPSA) is 87.2 Å². The summed E-state index contributed by atoms with van der Waals surface area (Å²) in [5.41, 5.74) is 4.93. The van der Waals surface area contributed by atoms with Gasteiger partial charge in [-0.2, -0.15) is 0 Å². The molecule has 0 aromatic carbocycles. The maximum Gasteiger partial charge on any atom is 0.304 e. The lowest BCUT2D eigenvalue weighted by Crippen LogP contribution is -2.06. The SMILES string of the molecule is N=C(N)SCCC(=O)O. The minimum Gasteiger partial charge on any atom is -0.481 e. The number of nitrogens with two attached hydrogens (primary N) is 1. The highest BCUT2D eigenvalue weighted by Gasteiger charge is 1.96. The minimum atomic E-state index is -0.858. The van der Waals surface area contributed by atoms with Crippen molar-refractivity contribution in [2.24, 2.45) is 5.73 Å². The summed E-state index contributed by atoms with van der Waals surface area (Å²) in [7, 11) is 0. The molecule has 9 heavy (non-hydrogen) atoms. The van der Waals surface area contributed by atoms with Crippen molar-refractivity contribution in [1.82, 2.24) is 0 Å². The fourth-order valence-corrected chi connectivity index (χ4v) is 0.745. The number of nitrogens with one attached hydrogen (secondary N) is 1. The number of carboxylic acid groups (broad SMARTS) is 1. The van der Waals surface area contributed by atoms with Gasteiger partial charge in [-0.15, -0.1) is 0 Å². The molecule has 0 unspecified atom stereocenters. The molecule has 0 spiro atoms. The van der Waals surface area contributed by atoms with Gasteiger partial charge in [0.05, 0.1) is 6.42 Å². The molecule has 0 amide bonds. The first kappa shape index (κ1) is 8.29. The first-order valence-corrected chi connectivity index (χ1v) is 3.30. The second-order valence-electron chi connectivity index (χ2n) is 1.36. The smallest absolute Gasteiger partial charge is 0.304 e. The van der Waals surface area contributed by atoms with Crippen molar-refractivity contribution in [3.63, 3.8) is 0 Å². The predicted octanol–water partition coefficient (Wildman–Crippen LogP) is 0.0878. The molecule has 0 atom stereocenters. The summed E-state index contributed by atoms with van der Waals surface area (Å²) in [6.07, 6.45) is 0.0598. The third-order valence-electron chi connectivity index (χ3n) is 0.573. The standard InChI is InChI=1S/C4H8N2O2S/c5-4(6)9-2-1-3(7)8/h1-2H2,(H3,5,6)(H,7,8). The molecule has 0 aliphatic rings. The van der Waals surface area contributed by atoms with E-state index >= 15 is 0 Å². The van der Waals surface area contributed by atoms with Crippen LogP contribution in [0.3, 0.4) is 0 Å². The molecule has 52 valence electrons. The molecule has 0 heterocycles. The van der Waals surface area contributed by atoms with Crippen molar-refractivity contribution in [3.8, 4) is 0 Å². The van der Waals surface area contributed by atoms with E-state index in [1.54, 1.807) is 0 Å². The van der Waals surface area contributed by atoms with E-state index in [-0.39, 0.29) is 11.6 Å². The Morgan fingerprint density at radius 2 is 2.33 bits per heavy atom. The fourth-order valence-electron chi connectivity index (χ4n) is 0.248. The van der Waals surface area contributed by atoms with Crippen LogP contribution in [-0.2, 0) is 4.79 Å². The Bertz CT molecular complexity index is 112. The zero-order valence-electron chi connectivity index (χ0n) is 4.76. The number of thioether (sulfide) groups is 1. The Hall–Kier alpha value is -0.710. The van der Waals surface area contributed by atoms with Crippen LogP contribution in [0.25, 0.3) is 0 Å². The van der Waals surface area contributed by atoms with Crippen molar-refractivity contribution in [2.75, 3.05) is 5.75 Å². The van der Waals surface area contributed by atoms with Gasteiger partial charge in [0.25, 0.3) is 0 Å². The summed E-state index contributed by atoms with van der Waals surface area (Å²) in [5.74, 6) is -0.478. The van der Waals surface area contributed by atoms with E-state index in [9.17, 15) is 4.79 Å². The van der Waals surface area contributed by atoms with Gasteiger partial charge in [0.15, 0.2) is 5.17 Å². The van der Waals surface area contributed by atoms with E-state index < -0.39 is 5.97 Å². The summed E-state index contributed by atoms with van der Waals surface area (Å²) in [5, 5.41) is 14.8. The van der Waals surface area contributed by atoms with E-state index in [1.165, 1.54) is 0 Å². The summed E-state index contributed by atoms with van der Waals surface area (Å²) >= 11 is 1.04. The van der Waals surface area contributed by atoms with E-state index in [0.717, 1.165) is 11.8 Å². The normalized spacial score (nSPS) is 8.89. The maximum absolute atomic E-state index is 9.86. The van der Waals surface area contributed by atoms with E-state index in [2.05, 4.69) is 0 Å². The number of amidine groups is 1. The molecule has 0 radical (unpaired) electrons. The molecule has 0 aromatic rings. The lowest BCUT2D eigenvalue weighted by molar-refractivity contribution is -0.136. The number of hydrogen-bond acceptors (Lipinski definition) is 3. The Balaban J connectivity index is 3.10. The summed E-state index contributed by atoms with van der Waals surface area (Å²) < 4.78 is 0. The van der Waals surface area contributed by atoms with Crippen LogP contribution in [0.1, 0.15) is 6.42 Å². The molecule has 0 bridgehead atoms. The third-order valence-corrected chi connectivity index (χ3v) is 1.29. The quantitative estimate of drug-likeness (QED) is 0.391. The summed E-state index contributed by atoms with van der Waals surface area (Å²) in [4.78, 5) is 9.86. The van der Waals surface area contributed by atoms with Crippen molar-refractivity contribution in [3.05, 3.63) is 0 Å². The zero-order valence-corrected chi connectivity index (χ0v) is 5.57. The zero-order chi connectivity index (χ0) is 7.28. The van der Waals surface area contributed by atoms with Gasteiger partial charge in [-0.3, -0.25) is 10.2 Å². The average Bonchev–Trinajstić information content (AvgIpc) is 1.63. The molecule has 0 aliphatic carbocycles. The van der Waals surface area contributed by atoms with E-state index in [4.69, 9.17) is 16.2 Å². The molecule has 0 saturated carbocycles. The van der Waals surface area contributed by atoms with Crippen LogP contribution < -0.4 is 5.73 Å². The van der Waals surface area contributed by atoms with Gasteiger partial charge in [-0.1, -0.05) is 11.8 Å². The van der Waals surface area contributed by atoms with Crippen LogP contribution in [0.4, 0.5) is 0 Å². The second kappa shape index (κ2) is 4.20. The van der Waals surface area contributed by atoms with Gasteiger partial charge in [-0.05, 0) is 0 Å². The monoisotopic (exact) mass is 148 g/mol. The van der Waals surface area contributed by atoms with Gasteiger partial charge in [0.2, 0.25) is 0 Å². The van der Waals surface area contributed by atoms with E-state index in [0.29, 0.717) is 5.75 Å². The van der Waals surface area contributed by atoms with Crippen LogP contribution in [0, 0.1) is 5.41 Å². The second-order valence-corrected chi connectivity index (χ2v) is 2.49. The minimum absolute atomic E-state index is 0.0312. The Labute approximate surface area is 56.9 Å². The summed E-state index contributed by atoms with van der Waals surface area (Å²) in [6, 6.07) is 0. The number of hydrogen-bond donors (Lipinski definition) is 3. The number of rotatable bonds is 3. The van der Waals surface area contributed by atoms with Crippen LogP contribution in [-0.4, -0.2) is 22.0 Å². The molecule has 4 nitrogen and oxygen atoms in total. The van der Waals surface area contributed by atoms with Crippen LogP contribution >= 0.6 is 11.8 Å². The van der Waals surface area contributed by atoms with Gasteiger partial charge in [0, 0.05) is 5.75 Å². The van der Waals surface area contributed by atoms with Gasteiger partial charge >= 0.3 is 5.97 Å². The highest BCUT2D eigenvalue weighted by Crippen LogP contribution is 1.99. The van der Waals surface area contributed by atoms with Crippen molar-refractivity contribution < 1.29 is 9.90 Å². The van der Waals surface area contributed by atoms with Crippen molar-refractivity contribution in [2.45, 2.75) is 6.42 Å². The average molecular weight is 148 g/mol. The maximum atomic E-state index is 9.86. The van der Waals surface area contributed by atoms with Gasteiger partial charge in [-0.25, -0.2) is 0 Å². The highest BCUT2D eigenvalue weighted by atomic mass is 32.2. The number of carbonyl (C=O) groups is 1. The molecule has 0 aliphatic heterocycles. The first-order valence-electron chi connectivity index (χ1n) is 2.31. The van der Waals surface area contributed by atoms with E-state index in [1.807, 2.05) is 0 Å². The predicted molar refractivity (Wildman–Crippen MR) is 36.6 cm³/mol. The van der Waals surface area contributed by atoms with Gasteiger partial charge in [0.1, 0.15) is 0 Å². The van der Waals surface area contributed by atoms with Crippen molar-refractivity contribution >= 4 is 22.9 Å². The summed E-state index contributed by atoms with van der Waals surface area (Å²) in [6.45, 7) is 0. The Morgan fingerprint density at radius 1 is 1.78 bits per heavy atom. The Kier molecular flexibility index (Phi) is 3.87. The molecule has 0 fully saturated rings. The molecule has 0 aromatic heterocycles. The first-order chi connectivity index (χ1) is 4.13. The molecule has 5 heteroatoms. The lowest BCUT2D eigenvalue weighted by Gasteiger charge is -1.92. The molecular formula is C4H8N2O2S. The Morgan fingerprint density at radius 3 is 2.67 bits per heavy atom. The number of carboxylic acids is 1. The number of aliphatic carboxylic acids is 1. The highest BCUT2D eigenvalue weighted by molar-refractivity contribution is 8.13. The van der Waals surface area contributed by atoms with Crippen LogP contribution in [0.5, 0.6) is 0 Å². The third kappa shape index (κ3) is 7.29. The molecule has 4 N–H and O–H groups in total.